The number of hydrogen-bond donors (Lipinski definition) is 2. The number of imidazole rings is 1. The van der Waals surface area contributed by atoms with Gasteiger partial charge in [0.2, 0.25) is 5.91 Å². The van der Waals surface area contributed by atoms with Crippen LogP contribution in [0.2, 0.25) is 0 Å². The van der Waals surface area contributed by atoms with Crippen molar-refractivity contribution in [3.05, 3.63) is 66.0 Å². The quantitative estimate of drug-likeness (QED) is 0.520. The summed E-state index contributed by atoms with van der Waals surface area (Å²) in [6.45, 7) is 2.52. The van der Waals surface area contributed by atoms with Crippen molar-refractivity contribution in [1.82, 2.24) is 15.3 Å². The summed E-state index contributed by atoms with van der Waals surface area (Å²) in [6, 6.07) is 15.4. The Bertz CT molecular complexity index is 919. The Kier molecular flexibility index (Phi) is 7.14. The minimum atomic E-state index is -0.167. The molecule has 146 valence electrons. The first-order valence-corrected chi connectivity index (χ1v) is 10.7. The summed E-state index contributed by atoms with van der Waals surface area (Å²) in [6.07, 6.45) is 6.19. The second-order valence-corrected chi connectivity index (χ2v) is 7.27. The van der Waals surface area contributed by atoms with Crippen LogP contribution in [0.5, 0.6) is 5.75 Å². The number of para-hydroxylation sites is 3. The average Bonchev–Trinajstić information content (AvgIpc) is 3.15. The molecule has 0 spiro atoms. The number of nitrogens with zero attached hydrogens (tertiary/aromatic N) is 1. The first-order valence-electron chi connectivity index (χ1n) is 9.35. The molecule has 1 aromatic heterocycles. The Hall–Kier alpha value is -2.73. The molecule has 2 aromatic carbocycles. The second-order valence-electron chi connectivity index (χ2n) is 6.29. The van der Waals surface area contributed by atoms with Crippen molar-refractivity contribution in [2.24, 2.45) is 0 Å². The fraction of sp³-hybridized carbons (Fsp3) is 0.273. The monoisotopic (exact) mass is 395 g/mol. The highest BCUT2D eigenvalue weighted by molar-refractivity contribution is 7.98. The van der Waals surface area contributed by atoms with Crippen LogP contribution in [0.25, 0.3) is 17.1 Å². The Morgan fingerprint density at radius 1 is 1.25 bits per heavy atom. The number of hydrogen-bond acceptors (Lipinski definition) is 4. The van der Waals surface area contributed by atoms with Crippen molar-refractivity contribution in [3.8, 4) is 5.75 Å². The lowest BCUT2D eigenvalue weighted by Gasteiger charge is -2.15. The number of carbonyl (C=O) groups is 1. The summed E-state index contributed by atoms with van der Waals surface area (Å²) >= 11 is 1.75. The highest BCUT2D eigenvalue weighted by Gasteiger charge is 2.17. The van der Waals surface area contributed by atoms with Crippen LogP contribution in [0.3, 0.4) is 0 Å². The molecule has 3 rings (SSSR count). The predicted octanol–water partition coefficient (Wildman–Crippen LogP) is 4.59. The highest BCUT2D eigenvalue weighted by Crippen LogP contribution is 2.21. The van der Waals surface area contributed by atoms with E-state index in [4.69, 9.17) is 4.74 Å². The molecule has 3 aromatic rings. The van der Waals surface area contributed by atoms with Gasteiger partial charge in [0.25, 0.3) is 0 Å². The summed E-state index contributed by atoms with van der Waals surface area (Å²) in [5, 5.41) is 3.08. The van der Waals surface area contributed by atoms with Crippen molar-refractivity contribution >= 4 is 34.8 Å². The fourth-order valence-electron chi connectivity index (χ4n) is 2.94. The van der Waals surface area contributed by atoms with Crippen LogP contribution in [-0.4, -0.2) is 34.5 Å². The molecule has 1 amide bonds. The van der Waals surface area contributed by atoms with Crippen LogP contribution in [0, 0.1) is 0 Å². The number of carbonyl (C=O) groups excluding carboxylic acids is 1. The largest absolute Gasteiger partial charge is 0.493 e. The van der Waals surface area contributed by atoms with Gasteiger partial charge in [-0.25, -0.2) is 4.98 Å². The number of aromatic amines is 1. The molecule has 0 saturated heterocycles. The number of H-pyrrole nitrogens is 1. The van der Waals surface area contributed by atoms with Crippen LogP contribution in [-0.2, 0) is 4.79 Å². The minimum absolute atomic E-state index is 0.155. The third kappa shape index (κ3) is 5.16. The molecule has 1 atom stereocenters. The molecule has 0 radical (unpaired) electrons. The van der Waals surface area contributed by atoms with Gasteiger partial charge in [0, 0.05) is 11.6 Å². The van der Waals surface area contributed by atoms with Gasteiger partial charge in [0.15, 0.2) is 0 Å². The number of nitrogens with one attached hydrogen (secondary N) is 2. The summed E-state index contributed by atoms with van der Waals surface area (Å²) in [4.78, 5) is 20.5. The van der Waals surface area contributed by atoms with E-state index < -0.39 is 0 Å². The molecular weight excluding hydrogens is 370 g/mol. The lowest BCUT2D eigenvalue weighted by molar-refractivity contribution is -0.117. The SMILES string of the molecule is CCOc1ccccc1/C=C/C(=O)NC(CCSC)c1nc2ccccc2[nH]1. The summed E-state index contributed by atoms with van der Waals surface area (Å²) in [5.41, 5.74) is 2.76. The number of benzene rings is 2. The fourth-order valence-corrected chi connectivity index (χ4v) is 3.41. The topological polar surface area (TPSA) is 67.0 Å². The van der Waals surface area contributed by atoms with E-state index in [-0.39, 0.29) is 11.9 Å². The van der Waals surface area contributed by atoms with Gasteiger partial charge in [0.1, 0.15) is 11.6 Å². The number of amides is 1. The van der Waals surface area contributed by atoms with E-state index >= 15 is 0 Å². The number of fused-ring (bicyclic) bond motifs is 1. The number of aromatic nitrogens is 2. The van der Waals surface area contributed by atoms with Crippen molar-refractivity contribution in [2.45, 2.75) is 19.4 Å². The zero-order chi connectivity index (χ0) is 19.8. The number of ether oxygens (including phenoxy) is 1. The molecule has 0 fully saturated rings. The lowest BCUT2D eigenvalue weighted by atomic mass is 10.1. The van der Waals surface area contributed by atoms with Gasteiger partial charge >= 0.3 is 0 Å². The number of rotatable bonds is 9. The van der Waals surface area contributed by atoms with E-state index in [1.165, 1.54) is 0 Å². The van der Waals surface area contributed by atoms with Crippen molar-refractivity contribution in [1.29, 1.82) is 0 Å². The van der Waals surface area contributed by atoms with E-state index in [2.05, 4.69) is 21.5 Å². The third-order valence-electron chi connectivity index (χ3n) is 4.30. The van der Waals surface area contributed by atoms with Crippen LogP contribution >= 0.6 is 11.8 Å². The lowest BCUT2D eigenvalue weighted by Crippen LogP contribution is -2.28. The van der Waals surface area contributed by atoms with Crippen LogP contribution in [0.4, 0.5) is 0 Å². The Morgan fingerprint density at radius 3 is 2.82 bits per heavy atom. The highest BCUT2D eigenvalue weighted by atomic mass is 32.2. The van der Waals surface area contributed by atoms with E-state index in [1.807, 2.05) is 55.5 Å². The van der Waals surface area contributed by atoms with Crippen molar-refractivity contribution in [2.75, 3.05) is 18.6 Å². The zero-order valence-corrected chi connectivity index (χ0v) is 17.0. The second kappa shape index (κ2) is 9.99. The predicted molar refractivity (Wildman–Crippen MR) is 117 cm³/mol. The molecular formula is C22H25N3O2S. The smallest absolute Gasteiger partial charge is 0.244 e. The third-order valence-corrected chi connectivity index (χ3v) is 4.94. The van der Waals surface area contributed by atoms with Gasteiger partial charge in [-0.15, -0.1) is 0 Å². The van der Waals surface area contributed by atoms with Crippen molar-refractivity contribution < 1.29 is 9.53 Å². The molecule has 2 N–H and O–H groups in total. The van der Waals surface area contributed by atoms with E-state index in [0.29, 0.717) is 6.61 Å². The molecule has 0 aliphatic heterocycles. The van der Waals surface area contributed by atoms with Crippen LogP contribution in [0.15, 0.2) is 54.6 Å². The van der Waals surface area contributed by atoms with Gasteiger partial charge in [-0.2, -0.15) is 11.8 Å². The van der Waals surface area contributed by atoms with Gasteiger partial charge in [-0.1, -0.05) is 30.3 Å². The van der Waals surface area contributed by atoms with E-state index in [1.54, 1.807) is 23.9 Å². The molecule has 28 heavy (non-hydrogen) atoms. The van der Waals surface area contributed by atoms with E-state index in [0.717, 1.165) is 40.3 Å². The van der Waals surface area contributed by atoms with Gasteiger partial charge in [0.05, 0.1) is 23.7 Å². The normalized spacial score (nSPS) is 12.4. The molecule has 0 bridgehead atoms. The first kappa shape index (κ1) is 20.0. The van der Waals surface area contributed by atoms with Gasteiger partial charge in [-0.05, 0) is 49.6 Å². The van der Waals surface area contributed by atoms with E-state index in [9.17, 15) is 4.79 Å². The summed E-state index contributed by atoms with van der Waals surface area (Å²) in [7, 11) is 0. The maximum Gasteiger partial charge on any atom is 0.244 e. The van der Waals surface area contributed by atoms with Gasteiger partial charge in [-0.3, -0.25) is 4.79 Å². The molecule has 6 heteroatoms. The molecule has 0 aliphatic carbocycles. The maximum absolute atomic E-state index is 12.6. The summed E-state index contributed by atoms with van der Waals surface area (Å²) < 4.78 is 5.61. The average molecular weight is 396 g/mol. The van der Waals surface area contributed by atoms with Gasteiger partial charge < -0.3 is 15.0 Å². The Labute approximate surface area is 169 Å². The Balaban J connectivity index is 1.74. The minimum Gasteiger partial charge on any atom is -0.493 e. The maximum atomic E-state index is 12.6. The standard InChI is InChI=1S/C22H25N3O2S/c1-3-27-20-11-7-4-8-16(20)12-13-21(26)23-19(14-15-28-2)22-24-17-9-5-6-10-18(17)25-22/h4-13,19H,3,14-15H2,1-2H3,(H,23,26)(H,24,25)/b13-12+. The van der Waals surface area contributed by atoms with Crippen LogP contribution < -0.4 is 10.1 Å². The molecule has 1 heterocycles. The van der Waals surface area contributed by atoms with Crippen LogP contribution in [0.1, 0.15) is 30.8 Å². The first-order chi connectivity index (χ1) is 13.7. The molecule has 5 nitrogen and oxygen atoms in total. The zero-order valence-electron chi connectivity index (χ0n) is 16.1. The molecule has 0 aliphatic rings. The number of thioether (sulfide) groups is 1. The van der Waals surface area contributed by atoms with Crippen molar-refractivity contribution in [3.63, 3.8) is 0 Å². The summed E-state index contributed by atoms with van der Waals surface area (Å²) in [5.74, 6) is 2.33. The Morgan fingerprint density at radius 2 is 2.04 bits per heavy atom. The molecule has 0 saturated carbocycles. The molecule has 1 unspecified atom stereocenters.